The maximum absolute atomic E-state index is 3.20. The third-order valence-corrected chi connectivity index (χ3v) is 3.18. The molecular weight excluding hydrogens is 184 g/mol. The minimum atomic E-state index is 0.920. The minimum Gasteiger partial charge on any atom is -0.346 e. The maximum atomic E-state index is 3.20. The van der Waals surface area contributed by atoms with Crippen LogP contribution < -0.4 is 5.32 Å². The van der Waals surface area contributed by atoms with Crippen molar-refractivity contribution in [1.82, 2.24) is 9.88 Å². The third kappa shape index (κ3) is 1.55. The lowest BCUT2D eigenvalue weighted by Gasteiger charge is -2.07. The smallest absolute Gasteiger partial charge is 0.0512 e. The molecule has 80 valence electrons. The Bertz CT molecular complexity index is 495. The fourth-order valence-corrected chi connectivity index (χ4v) is 2.15. The van der Waals surface area contributed by atoms with Gasteiger partial charge < -0.3 is 9.88 Å². The molecule has 0 saturated heterocycles. The van der Waals surface area contributed by atoms with Crippen molar-refractivity contribution in [3.05, 3.63) is 35.0 Å². The molecule has 2 aromatic rings. The number of hydrogen-bond donors (Lipinski definition) is 1. The molecule has 0 spiro atoms. The summed E-state index contributed by atoms with van der Waals surface area (Å²) in [4.78, 5) is 0. The zero-order valence-electron chi connectivity index (χ0n) is 9.89. The van der Waals surface area contributed by atoms with Crippen LogP contribution in [0.5, 0.6) is 0 Å². The van der Waals surface area contributed by atoms with Crippen LogP contribution >= 0.6 is 0 Å². The van der Waals surface area contributed by atoms with Crippen molar-refractivity contribution in [3.63, 3.8) is 0 Å². The lowest BCUT2D eigenvalue weighted by atomic mass is 10.1. The summed E-state index contributed by atoms with van der Waals surface area (Å²) in [6.07, 6.45) is 0. The molecule has 2 nitrogen and oxygen atoms in total. The van der Waals surface area contributed by atoms with Gasteiger partial charge in [0.1, 0.15) is 0 Å². The number of aromatic nitrogens is 1. The number of hydrogen-bond acceptors (Lipinski definition) is 1. The molecule has 1 heterocycles. The van der Waals surface area contributed by atoms with Gasteiger partial charge in [-0.05, 0) is 38.1 Å². The summed E-state index contributed by atoms with van der Waals surface area (Å²) in [5.41, 5.74) is 5.44. The Hall–Kier alpha value is -1.28. The SMILES string of the molecule is CNCc1cc2ccc(C)c(C)c2n1C. The molecule has 2 rings (SSSR count). The minimum absolute atomic E-state index is 0.920. The highest BCUT2D eigenvalue weighted by atomic mass is 15.0. The van der Waals surface area contributed by atoms with E-state index in [1.54, 1.807) is 0 Å². The van der Waals surface area contributed by atoms with Gasteiger partial charge in [0.15, 0.2) is 0 Å². The molecule has 0 bridgehead atoms. The summed E-state index contributed by atoms with van der Waals surface area (Å²) < 4.78 is 2.29. The molecule has 1 aromatic heterocycles. The normalized spacial score (nSPS) is 11.2. The van der Waals surface area contributed by atoms with E-state index >= 15 is 0 Å². The van der Waals surface area contributed by atoms with E-state index in [0.717, 1.165) is 6.54 Å². The fourth-order valence-electron chi connectivity index (χ4n) is 2.15. The van der Waals surface area contributed by atoms with Crippen molar-refractivity contribution in [2.45, 2.75) is 20.4 Å². The van der Waals surface area contributed by atoms with Gasteiger partial charge in [-0.2, -0.15) is 0 Å². The first-order valence-corrected chi connectivity index (χ1v) is 5.34. The van der Waals surface area contributed by atoms with Gasteiger partial charge in [-0.15, -0.1) is 0 Å². The Kier molecular flexibility index (Phi) is 2.53. The van der Waals surface area contributed by atoms with Crippen molar-refractivity contribution in [1.29, 1.82) is 0 Å². The second-order valence-electron chi connectivity index (χ2n) is 4.17. The Labute approximate surface area is 90.9 Å². The zero-order valence-corrected chi connectivity index (χ0v) is 9.89. The van der Waals surface area contributed by atoms with Gasteiger partial charge in [-0.1, -0.05) is 12.1 Å². The second kappa shape index (κ2) is 3.70. The van der Waals surface area contributed by atoms with Crippen LogP contribution in [0.2, 0.25) is 0 Å². The van der Waals surface area contributed by atoms with Crippen molar-refractivity contribution in [2.75, 3.05) is 7.05 Å². The number of nitrogens with zero attached hydrogens (tertiary/aromatic N) is 1. The van der Waals surface area contributed by atoms with E-state index in [0.29, 0.717) is 0 Å². The molecule has 0 saturated carbocycles. The van der Waals surface area contributed by atoms with E-state index < -0.39 is 0 Å². The highest BCUT2D eigenvalue weighted by molar-refractivity contribution is 5.85. The molecule has 0 amide bonds. The van der Waals surface area contributed by atoms with Gasteiger partial charge in [0.05, 0.1) is 5.52 Å². The molecule has 0 fully saturated rings. The van der Waals surface area contributed by atoms with E-state index in [4.69, 9.17) is 0 Å². The lowest BCUT2D eigenvalue weighted by Crippen LogP contribution is -2.09. The van der Waals surface area contributed by atoms with Gasteiger partial charge >= 0.3 is 0 Å². The van der Waals surface area contributed by atoms with Crippen molar-refractivity contribution in [3.8, 4) is 0 Å². The van der Waals surface area contributed by atoms with Gasteiger partial charge in [0.25, 0.3) is 0 Å². The van der Waals surface area contributed by atoms with Gasteiger partial charge in [-0.3, -0.25) is 0 Å². The molecule has 0 radical (unpaired) electrons. The first kappa shape index (κ1) is 10.2. The highest BCUT2D eigenvalue weighted by Crippen LogP contribution is 2.24. The predicted octanol–water partition coefficient (Wildman–Crippen LogP) is 2.51. The van der Waals surface area contributed by atoms with Crippen LogP contribution in [0.1, 0.15) is 16.8 Å². The standard InChI is InChI=1S/C13H18N2/c1-9-5-6-11-7-12(8-14-3)15(4)13(11)10(9)2/h5-7,14H,8H2,1-4H3. The topological polar surface area (TPSA) is 17.0 Å². The van der Waals surface area contributed by atoms with Gasteiger partial charge in [-0.25, -0.2) is 0 Å². The summed E-state index contributed by atoms with van der Waals surface area (Å²) in [6.45, 7) is 5.28. The van der Waals surface area contributed by atoms with E-state index in [1.807, 2.05) is 7.05 Å². The molecule has 0 aliphatic rings. The van der Waals surface area contributed by atoms with E-state index in [2.05, 4.69) is 49.0 Å². The summed E-state index contributed by atoms with van der Waals surface area (Å²) in [6, 6.07) is 6.66. The number of nitrogens with one attached hydrogen (secondary N) is 1. The lowest BCUT2D eigenvalue weighted by molar-refractivity contribution is 0.744. The van der Waals surface area contributed by atoms with Gasteiger partial charge in [0, 0.05) is 24.7 Å². The molecule has 15 heavy (non-hydrogen) atoms. The third-order valence-electron chi connectivity index (χ3n) is 3.18. The van der Waals surface area contributed by atoms with Gasteiger partial charge in [0.2, 0.25) is 0 Å². The van der Waals surface area contributed by atoms with E-state index in [9.17, 15) is 0 Å². The summed E-state index contributed by atoms with van der Waals surface area (Å²) in [5, 5.41) is 4.54. The van der Waals surface area contributed by atoms with Crippen molar-refractivity contribution < 1.29 is 0 Å². The number of rotatable bonds is 2. The molecule has 0 aliphatic heterocycles. The largest absolute Gasteiger partial charge is 0.346 e. The van der Waals surface area contributed by atoms with Crippen LogP contribution in [0.15, 0.2) is 18.2 Å². The Balaban J connectivity index is 2.72. The first-order valence-electron chi connectivity index (χ1n) is 5.34. The van der Waals surface area contributed by atoms with E-state index in [1.165, 1.54) is 27.7 Å². The number of fused-ring (bicyclic) bond motifs is 1. The monoisotopic (exact) mass is 202 g/mol. The summed E-state index contributed by atoms with van der Waals surface area (Å²) in [7, 11) is 4.12. The average Bonchev–Trinajstić information content (AvgIpc) is 2.52. The first-order chi connectivity index (χ1) is 7.15. The van der Waals surface area contributed by atoms with Crippen LogP contribution in [0, 0.1) is 13.8 Å². The molecule has 0 unspecified atom stereocenters. The summed E-state index contributed by atoms with van der Waals surface area (Å²) in [5.74, 6) is 0. The maximum Gasteiger partial charge on any atom is 0.0512 e. The van der Waals surface area contributed by atoms with Crippen LogP contribution in [0.4, 0.5) is 0 Å². The van der Waals surface area contributed by atoms with Crippen LogP contribution in [-0.4, -0.2) is 11.6 Å². The Morgan fingerprint density at radius 2 is 2.00 bits per heavy atom. The molecular formula is C13H18N2. The van der Waals surface area contributed by atoms with Crippen molar-refractivity contribution in [2.24, 2.45) is 7.05 Å². The fraction of sp³-hybridized carbons (Fsp3) is 0.385. The average molecular weight is 202 g/mol. The number of benzene rings is 1. The molecule has 0 aliphatic carbocycles. The van der Waals surface area contributed by atoms with Crippen molar-refractivity contribution >= 4 is 10.9 Å². The Morgan fingerprint density at radius 1 is 1.27 bits per heavy atom. The molecule has 1 aromatic carbocycles. The Morgan fingerprint density at radius 3 is 2.67 bits per heavy atom. The van der Waals surface area contributed by atoms with Crippen LogP contribution in [-0.2, 0) is 13.6 Å². The molecule has 1 N–H and O–H groups in total. The second-order valence-corrected chi connectivity index (χ2v) is 4.17. The quantitative estimate of drug-likeness (QED) is 0.791. The summed E-state index contributed by atoms with van der Waals surface area (Å²) >= 11 is 0. The molecule has 0 atom stereocenters. The molecule has 2 heteroatoms. The van der Waals surface area contributed by atoms with Crippen LogP contribution in [0.3, 0.4) is 0 Å². The number of aryl methyl sites for hydroxylation is 3. The van der Waals surface area contributed by atoms with E-state index in [-0.39, 0.29) is 0 Å². The van der Waals surface area contributed by atoms with Crippen LogP contribution in [0.25, 0.3) is 10.9 Å². The zero-order chi connectivity index (χ0) is 11.0. The predicted molar refractivity (Wildman–Crippen MR) is 65.2 cm³/mol. The highest BCUT2D eigenvalue weighted by Gasteiger charge is 2.08.